The Morgan fingerprint density at radius 2 is 1.81 bits per heavy atom. The van der Waals surface area contributed by atoms with Crippen molar-refractivity contribution in [2.75, 3.05) is 25.0 Å². The van der Waals surface area contributed by atoms with E-state index in [1.807, 2.05) is 30.6 Å². The molecule has 2 aliphatic rings. The van der Waals surface area contributed by atoms with Gasteiger partial charge in [-0.2, -0.15) is 13.2 Å². The van der Waals surface area contributed by atoms with E-state index in [4.69, 9.17) is 0 Å². The minimum absolute atomic E-state index is 0.177. The lowest BCUT2D eigenvalue weighted by Gasteiger charge is -2.15. The number of fused-ring (bicyclic) bond motifs is 1. The number of nitrogens with zero attached hydrogens (tertiary/aromatic N) is 4. The highest BCUT2D eigenvalue weighted by Crippen LogP contribution is 2.29. The Labute approximate surface area is 207 Å². The van der Waals surface area contributed by atoms with Crippen molar-refractivity contribution >= 4 is 17.3 Å². The summed E-state index contributed by atoms with van der Waals surface area (Å²) in [6, 6.07) is 10.2. The number of carbonyl (C=O) groups excluding carboxylic acids is 1. The molecule has 0 spiro atoms. The summed E-state index contributed by atoms with van der Waals surface area (Å²) in [4.78, 5) is 28.0. The zero-order valence-corrected chi connectivity index (χ0v) is 19.7. The Bertz CT molecular complexity index is 1280. The second kappa shape index (κ2) is 10.2. The highest BCUT2D eigenvalue weighted by molar-refractivity contribution is 6.49. The number of aromatic nitrogens is 2. The molecular weight excluding hydrogens is 467 g/mol. The molecule has 1 saturated heterocycles. The lowest BCUT2D eigenvalue weighted by atomic mass is 9.94. The van der Waals surface area contributed by atoms with E-state index in [2.05, 4.69) is 31.2 Å². The summed E-state index contributed by atoms with van der Waals surface area (Å²) in [6.45, 7) is 3.56. The van der Waals surface area contributed by atoms with E-state index in [1.165, 1.54) is 18.9 Å². The van der Waals surface area contributed by atoms with Gasteiger partial charge in [0.1, 0.15) is 11.4 Å². The summed E-state index contributed by atoms with van der Waals surface area (Å²) in [5, 5.41) is 2.65. The molecule has 5 rings (SSSR count). The van der Waals surface area contributed by atoms with Crippen molar-refractivity contribution < 1.29 is 18.0 Å². The standard InChI is InChI=1S/C27H26F3N5O/c28-27(29,30)24-8-7-22(16-33-24)34-26(36)25-23-13-20(6-5-19(23)4-3-9-32-25)21-12-18(14-31-15-21)17-35-10-1-2-11-35/h5-8,12-16H,1-4,9-11,17H2,(H,34,36). The molecule has 1 fully saturated rings. The molecular formula is C27H26F3N5O. The molecule has 0 atom stereocenters. The number of aryl methyl sites for hydroxylation is 1. The molecule has 4 heterocycles. The predicted molar refractivity (Wildman–Crippen MR) is 132 cm³/mol. The maximum absolute atomic E-state index is 13.2. The lowest BCUT2D eigenvalue weighted by Crippen LogP contribution is -2.25. The Balaban J connectivity index is 1.40. The smallest absolute Gasteiger partial charge is 0.319 e. The van der Waals surface area contributed by atoms with E-state index >= 15 is 0 Å². The average molecular weight is 494 g/mol. The third kappa shape index (κ3) is 5.46. The fourth-order valence-electron chi connectivity index (χ4n) is 4.69. The summed E-state index contributed by atoms with van der Waals surface area (Å²) < 4.78 is 38.4. The van der Waals surface area contributed by atoms with Crippen molar-refractivity contribution in [3.63, 3.8) is 0 Å². The second-order valence-corrected chi connectivity index (χ2v) is 9.15. The van der Waals surface area contributed by atoms with Gasteiger partial charge < -0.3 is 5.32 Å². The van der Waals surface area contributed by atoms with E-state index in [9.17, 15) is 18.0 Å². The second-order valence-electron chi connectivity index (χ2n) is 9.15. The number of aliphatic imine (C=N–C) groups is 1. The van der Waals surface area contributed by atoms with Crippen LogP contribution in [0.25, 0.3) is 11.1 Å². The Hall–Kier alpha value is -3.59. The normalized spacial score (nSPS) is 16.2. The zero-order chi connectivity index (χ0) is 25.1. The number of pyridine rings is 2. The molecule has 1 amide bonds. The summed E-state index contributed by atoms with van der Waals surface area (Å²) in [7, 11) is 0. The van der Waals surface area contributed by atoms with Crippen molar-refractivity contribution in [2.45, 2.75) is 38.4 Å². The Morgan fingerprint density at radius 3 is 2.56 bits per heavy atom. The maximum Gasteiger partial charge on any atom is 0.433 e. The first-order valence-electron chi connectivity index (χ1n) is 12.1. The van der Waals surface area contributed by atoms with Crippen molar-refractivity contribution in [1.82, 2.24) is 14.9 Å². The van der Waals surface area contributed by atoms with Gasteiger partial charge in [-0.05, 0) is 79.7 Å². The molecule has 6 nitrogen and oxygen atoms in total. The number of amides is 1. The van der Waals surface area contributed by atoms with Crippen LogP contribution in [-0.4, -0.2) is 46.1 Å². The Kier molecular flexibility index (Phi) is 6.82. The van der Waals surface area contributed by atoms with E-state index in [0.717, 1.165) is 72.6 Å². The van der Waals surface area contributed by atoms with E-state index in [-0.39, 0.29) is 11.4 Å². The van der Waals surface area contributed by atoms with Gasteiger partial charge >= 0.3 is 6.18 Å². The molecule has 0 bridgehead atoms. The van der Waals surface area contributed by atoms with Crippen molar-refractivity contribution in [3.8, 4) is 11.1 Å². The van der Waals surface area contributed by atoms with Crippen LogP contribution in [0.1, 0.15) is 41.6 Å². The third-order valence-electron chi connectivity index (χ3n) is 6.50. The molecule has 2 aromatic heterocycles. The first-order chi connectivity index (χ1) is 17.4. The fourth-order valence-corrected chi connectivity index (χ4v) is 4.69. The minimum Gasteiger partial charge on any atom is -0.319 e. The number of likely N-dealkylation sites (tertiary alicyclic amines) is 1. The minimum atomic E-state index is -4.54. The van der Waals surface area contributed by atoms with Crippen LogP contribution in [0.5, 0.6) is 0 Å². The quantitative estimate of drug-likeness (QED) is 0.535. The van der Waals surface area contributed by atoms with Gasteiger partial charge in [-0.3, -0.25) is 19.7 Å². The van der Waals surface area contributed by atoms with Crippen LogP contribution in [0.4, 0.5) is 18.9 Å². The topological polar surface area (TPSA) is 70.5 Å². The van der Waals surface area contributed by atoms with Gasteiger partial charge in [0.25, 0.3) is 5.91 Å². The summed E-state index contributed by atoms with van der Waals surface area (Å²) in [6.07, 6.45) is 4.22. The number of carbonyl (C=O) groups is 1. The lowest BCUT2D eigenvalue weighted by molar-refractivity contribution is -0.141. The number of anilines is 1. The highest BCUT2D eigenvalue weighted by Gasteiger charge is 2.32. The monoisotopic (exact) mass is 493 g/mol. The molecule has 36 heavy (non-hydrogen) atoms. The average Bonchev–Trinajstić information content (AvgIpc) is 3.27. The molecule has 0 aliphatic carbocycles. The molecule has 0 saturated carbocycles. The number of halogens is 3. The van der Waals surface area contributed by atoms with Gasteiger partial charge in [0.2, 0.25) is 0 Å². The van der Waals surface area contributed by atoms with Crippen LogP contribution in [0, 0.1) is 0 Å². The van der Waals surface area contributed by atoms with Crippen LogP contribution in [-0.2, 0) is 23.9 Å². The molecule has 186 valence electrons. The first-order valence-corrected chi connectivity index (χ1v) is 12.1. The molecule has 0 radical (unpaired) electrons. The SMILES string of the molecule is O=C(Nc1ccc(C(F)(F)F)nc1)C1=NCCCc2ccc(-c3cncc(CN4CCCC4)c3)cc21. The maximum atomic E-state index is 13.2. The first kappa shape index (κ1) is 24.1. The number of nitrogens with one attached hydrogen (secondary N) is 1. The largest absolute Gasteiger partial charge is 0.433 e. The molecule has 0 unspecified atom stereocenters. The van der Waals surface area contributed by atoms with Gasteiger partial charge in [0, 0.05) is 36.6 Å². The van der Waals surface area contributed by atoms with Crippen LogP contribution in [0.2, 0.25) is 0 Å². The van der Waals surface area contributed by atoms with Gasteiger partial charge in [-0.25, -0.2) is 4.98 Å². The van der Waals surface area contributed by atoms with Crippen LogP contribution >= 0.6 is 0 Å². The molecule has 3 aromatic rings. The third-order valence-corrected chi connectivity index (χ3v) is 6.50. The number of benzene rings is 1. The highest BCUT2D eigenvalue weighted by atomic mass is 19.4. The predicted octanol–water partition coefficient (Wildman–Crippen LogP) is 5.13. The van der Waals surface area contributed by atoms with Crippen LogP contribution in [0.3, 0.4) is 0 Å². The van der Waals surface area contributed by atoms with Crippen molar-refractivity contribution in [2.24, 2.45) is 4.99 Å². The van der Waals surface area contributed by atoms with E-state index in [1.54, 1.807) is 0 Å². The summed E-state index contributed by atoms with van der Waals surface area (Å²) in [5.74, 6) is -0.474. The number of rotatable bonds is 5. The van der Waals surface area contributed by atoms with Crippen molar-refractivity contribution in [3.05, 3.63) is 77.4 Å². The zero-order valence-electron chi connectivity index (χ0n) is 19.7. The van der Waals surface area contributed by atoms with Gasteiger partial charge in [0.15, 0.2) is 0 Å². The number of hydrogen-bond donors (Lipinski definition) is 1. The van der Waals surface area contributed by atoms with E-state index < -0.39 is 17.8 Å². The molecule has 1 N–H and O–H groups in total. The summed E-state index contributed by atoms with van der Waals surface area (Å²) >= 11 is 0. The number of hydrogen-bond acceptors (Lipinski definition) is 5. The molecule has 2 aliphatic heterocycles. The Morgan fingerprint density at radius 1 is 0.972 bits per heavy atom. The fraction of sp³-hybridized carbons (Fsp3) is 0.333. The molecule has 1 aromatic carbocycles. The van der Waals surface area contributed by atoms with Gasteiger partial charge in [-0.1, -0.05) is 12.1 Å². The summed E-state index contributed by atoms with van der Waals surface area (Å²) in [5.41, 5.74) is 4.22. The van der Waals surface area contributed by atoms with E-state index in [0.29, 0.717) is 6.54 Å². The van der Waals surface area contributed by atoms with Gasteiger partial charge in [0.05, 0.1) is 11.9 Å². The van der Waals surface area contributed by atoms with Crippen LogP contribution in [0.15, 0.2) is 60.0 Å². The van der Waals surface area contributed by atoms with Crippen LogP contribution < -0.4 is 5.32 Å². The van der Waals surface area contributed by atoms with Crippen molar-refractivity contribution in [1.29, 1.82) is 0 Å². The van der Waals surface area contributed by atoms with Gasteiger partial charge in [-0.15, -0.1) is 0 Å². The number of alkyl halides is 3. The molecule has 9 heteroatoms.